The van der Waals surface area contributed by atoms with Crippen LogP contribution in [0.5, 0.6) is 0 Å². The number of aliphatic hydroxyl groups is 1. The van der Waals surface area contributed by atoms with Crippen molar-refractivity contribution in [2.45, 2.75) is 25.9 Å². The maximum absolute atomic E-state index is 9.29. The molecule has 1 fully saturated rings. The molecule has 2 rings (SSSR count). The Morgan fingerprint density at radius 3 is 2.78 bits per heavy atom. The van der Waals surface area contributed by atoms with Crippen LogP contribution < -0.4 is 0 Å². The van der Waals surface area contributed by atoms with Crippen LogP contribution in [0.15, 0.2) is 11.6 Å². The van der Waals surface area contributed by atoms with Crippen molar-refractivity contribution in [1.29, 1.82) is 0 Å². The summed E-state index contributed by atoms with van der Waals surface area (Å²) in [4.78, 5) is 0. The van der Waals surface area contributed by atoms with Crippen LogP contribution >= 0.6 is 0 Å². The highest BCUT2D eigenvalue weighted by atomic mass is 16.3. The van der Waals surface area contributed by atoms with Crippen LogP contribution in [0.3, 0.4) is 0 Å². The second-order valence-corrected chi connectivity index (χ2v) is 3.24. The molecule has 0 bridgehead atoms. The predicted molar refractivity (Wildman–Crippen MR) is 36.0 cm³/mol. The molecule has 0 aromatic carbocycles. The van der Waals surface area contributed by atoms with Crippen molar-refractivity contribution in [3.63, 3.8) is 0 Å². The lowest BCUT2D eigenvalue weighted by molar-refractivity contribution is 0.137. The van der Waals surface area contributed by atoms with Crippen LogP contribution in [-0.2, 0) is 0 Å². The molecular weight excluding hydrogens is 112 g/mol. The molecule has 1 heteroatoms. The van der Waals surface area contributed by atoms with Crippen molar-refractivity contribution in [3.05, 3.63) is 11.6 Å². The summed E-state index contributed by atoms with van der Waals surface area (Å²) in [6, 6.07) is 0. The van der Waals surface area contributed by atoms with Gasteiger partial charge in [0, 0.05) is 5.92 Å². The summed E-state index contributed by atoms with van der Waals surface area (Å²) in [6.45, 7) is 2.17. The Balaban J connectivity index is 2.17. The average Bonchev–Trinajstić information content (AvgIpc) is 2.07. The van der Waals surface area contributed by atoms with E-state index < -0.39 is 0 Å². The summed E-state index contributed by atoms with van der Waals surface area (Å²) in [6.07, 6.45) is 4.43. The van der Waals surface area contributed by atoms with Gasteiger partial charge in [-0.05, 0) is 25.7 Å². The molecule has 50 valence electrons. The molecule has 0 radical (unpaired) electrons. The first-order chi connectivity index (χ1) is 4.29. The van der Waals surface area contributed by atoms with Crippen LogP contribution in [-0.4, -0.2) is 11.2 Å². The van der Waals surface area contributed by atoms with Gasteiger partial charge in [-0.3, -0.25) is 0 Å². The van der Waals surface area contributed by atoms with Gasteiger partial charge in [0.15, 0.2) is 0 Å². The SMILES string of the molecule is CC1=C[C@H]2[C@@H]1CC[C@@H]2O. The number of allylic oxidation sites excluding steroid dienone is 1. The van der Waals surface area contributed by atoms with Crippen LogP contribution in [0.1, 0.15) is 19.8 Å². The molecule has 0 saturated heterocycles. The molecule has 0 spiro atoms. The van der Waals surface area contributed by atoms with Crippen LogP contribution in [0.4, 0.5) is 0 Å². The van der Waals surface area contributed by atoms with E-state index in [0.717, 1.165) is 12.3 Å². The lowest BCUT2D eigenvalue weighted by atomic mass is 9.77. The molecule has 0 aromatic rings. The number of aliphatic hydroxyl groups excluding tert-OH is 1. The Kier molecular flexibility index (Phi) is 0.974. The lowest BCUT2D eigenvalue weighted by Crippen LogP contribution is -2.25. The van der Waals surface area contributed by atoms with Crippen molar-refractivity contribution >= 4 is 0 Å². The van der Waals surface area contributed by atoms with Gasteiger partial charge in [-0.2, -0.15) is 0 Å². The summed E-state index contributed by atoms with van der Waals surface area (Å²) in [5.41, 5.74) is 1.50. The van der Waals surface area contributed by atoms with E-state index in [9.17, 15) is 5.11 Å². The molecule has 0 aliphatic heterocycles. The Hall–Kier alpha value is -0.300. The van der Waals surface area contributed by atoms with Gasteiger partial charge in [-0.1, -0.05) is 11.6 Å². The third kappa shape index (κ3) is 0.584. The third-order valence-electron chi connectivity index (χ3n) is 2.72. The molecule has 3 atom stereocenters. The van der Waals surface area contributed by atoms with E-state index >= 15 is 0 Å². The Labute approximate surface area is 55.4 Å². The van der Waals surface area contributed by atoms with Gasteiger partial charge in [-0.15, -0.1) is 0 Å². The molecule has 1 saturated carbocycles. The zero-order valence-electron chi connectivity index (χ0n) is 5.67. The van der Waals surface area contributed by atoms with Gasteiger partial charge in [0.2, 0.25) is 0 Å². The molecule has 2 aliphatic rings. The summed E-state index contributed by atoms with van der Waals surface area (Å²) in [5.74, 6) is 1.28. The minimum Gasteiger partial charge on any atom is -0.392 e. The number of hydrogen-bond donors (Lipinski definition) is 1. The average molecular weight is 124 g/mol. The fourth-order valence-corrected chi connectivity index (χ4v) is 2.07. The van der Waals surface area contributed by atoms with Crippen molar-refractivity contribution < 1.29 is 5.11 Å². The van der Waals surface area contributed by atoms with Crippen LogP contribution in [0.25, 0.3) is 0 Å². The number of hydrogen-bond acceptors (Lipinski definition) is 1. The summed E-state index contributed by atoms with van der Waals surface area (Å²) in [7, 11) is 0. The topological polar surface area (TPSA) is 20.2 Å². The van der Waals surface area contributed by atoms with Crippen molar-refractivity contribution in [2.75, 3.05) is 0 Å². The minimum absolute atomic E-state index is 0.0151. The van der Waals surface area contributed by atoms with Crippen LogP contribution in [0, 0.1) is 11.8 Å². The quantitative estimate of drug-likeness (QED) is 0.483. The van der Waals surface area contributed by atoms with Crippen molar-refractivity contribution in [3.8, 4) is 0 Å². The highest BCUT2D eigenvalue weighted by Gasteiger charge is 2.39. The predicted octanol–water partition coefficient (Wildman–Crippen LogP) is 1.33. The molecule has 1 N–H and O–H groups in total. The molecular formula is C8H12O. The summed E-state index contributed by atoms with van der Waals surface area (Å²) >= 11 is 0. The molecule has 0 unspecified atom stereocenters. The van der Waals surface area contributed by atoms with E-state index in [4.69, 9.17) is 0 Å². The van der Waals surface area contributed by atoms with E-state index in [1.807, 2.05) is 0 Å². The molecule has 9 heavy (non-hydrogen) atoms. The van der Waals surface area contributed by atoms with E-state index in [0.29, 0.717) is 5.92 Å². The Morgan fingerprint density at radius 1 is 1.56 bits per heavy atom. The minimum atomic E-state index is -0.0151. The van der Waals surface area contributed by atoms with Crippen molar-refractivity contribution in [1.82, 2.24) is 0 Å². The summed E-state index contributed by atoms with van der Waals surface area (Å²) < 4.78 is 0. The molecule has 0 heterocycles. The molecule has 2 aliphatic carbocycles. The highest BCUT2D eigenvalue weighted by molar-refractivity contribution is 5.24. The lowest BCUT2D eigenvalue weighted by Gasteiger charge is -2.29. The van der Waals surface area contributed by atoms with E-state index in [-0.39, 0.29) is 6.10 Å². The van der Waals surface area contributed by atoms with Gasteiger partial charge < -0.3 is 5.11 Å². The zero-order chi connectivity index (χ0) is 6.43. The monoisotopic (exact) mass is 124 g/mol. The van der Waals surface area contributed by atoms with Gasteiger partial charge in [0.25, 0.3) is 0 Å². The fraction of sp³-hybridized carbons (Fsp3) is 0.750. The molecule has 1 nitrogen and oxygen atoms in total. The second-order valence-electron chi connectivity index (χ2n) is 3.24. The number of rotatable bonds is 0. The normalized spacial score (nSPS) is 47.8. The molecule has 0 aromatic heterocycles. The number of fused-ring (bicyclic) bond motifs is 1. The second kappa shape index (κ2) is 1.60. The smallest absolute Gasteiger partial charge is 0.0608 e. The van der Waals surface area contributed by atoms with Gasteiger partial charge in [0.1, 0.15) is 0 Å². The van der Waals surface area contributed by atoms with Gasteiger partial charge >= 0.3 is 0 Å². The Morgan fingerprint density at radius 2 is 2.33 bits per heavy atom. The maximum Gasteiger partial charge on any atom is 0.0608 e. The van der Waals surface area contributed by atoms with Crippen LogP contribution in [0.2, 0.25) is 0 Å². The first-order valence-corrected chi connectivity index (χ1v) is 3.65. The first-order valence-electron chi connectivity index (χ1n) is 3.65. The van der Waals surface area contributed by atoms with Gasteiger partial charge in [0.05, 0.1) is 6.10 Å². The van der Waals surface area contributed by atoms with E-state index in [1.165, 1.54) is 12.0 Å². The maximum atomic E-state index is 9.29. The highest BCUT2D eigenvalue weighted by Crippen LogP contribution is 2.45. The first kappa shape index (κ1) is 5.48. The van der Waals surface area contributed by atoms with E-state index in [1.54, 1.807) is 0 Å². The van der Waals surface area contributed by atoms with Crippen molar-refractivity contribution in [2.24, 2.45) is 11.8 Å². The molecule has 0 amide bonds. The fourth-order valence-electron chi connectivity index (χ4n) is 2.07. The van der Waals surface area contributed by atoms with E-state index in [2.05, 4.69) is 13.0 Å². The zero-order valence-corrected chi connectivity index (χ0v) is 5.67. The summed E-state index contributed by atoms with van der Waals surface area (Å²) in [5, 5.41) is 9.29. The third-order valence-corrected chi connectivity index (χ3v) is 2.72. The largest absolute Gasteiger partial charge is 0.392 e. The Bertz CT molecular complexity index is 160. The standard InChI is InChI=1S/C8H12O/c1-5-4-7-6(5)2-3-8(7)9/h4,6-9H,2-3H2,1H3/t6-,7+,8+/m1/s1. The van der Waals surface area contributed by atoms with Gasteiger partial charge in [-0.25, -0.2) is 0 Å².